The van der Waals surface area contributed by atoms with Gasteiger partial charge in [0.25, 0.3) is 0 Å². The average molecular weight is 465 g/mol. The summed E-state index contributed by atoms with van der Waals surface area (Å²) in [4.78, 5) is 2.65. The predicted octanol–water partition coefficient (Wildman–Crippen LogP) is 6.11. The molecule has 0 spiro atoms. The van der Waals surface area contributed by atoms with Crippen LogP contribution < -0.4 is 5.32 Å². The van der Waals surface area contributed by atoms with Crippen LogP contribution in [0.4, 0.5) is 5.82 Å². The van der Waals surface area contributed by atoms with Crippen molar-refractivity contribution in [2.45, 2.75) is 51.1 Å². The van der Waals surface area contributed by atoms with Crippen LogP contribution in [0.3, 0.4) is 0 Å². The molecule has 0 aliphatic carbocycles. The van der Waals surface area contributed by atoms with E-state index in [0.717, 1.165) is 36.2 Å². The second kappa shape index (κ2) is 8.94. The lowest BCUT2D eigenvalue weighted by atomic mass is 9.94. The molecule has 3 heterocycles. The molecule has 0 saturated carbocycles. The van der Waals surface area contributed by atoms with E-state index in [0.29, 0.717) is 6.04 Å². The topological polar surface area (TPSA) is 33.1 Å². The van der Waals surface area contributed by atoms with Gasteiger partial charge in [-0.05, 0) is 62.4 Å². The van der Waals surface area contributed by atoms with Gasteiger partial charge in [-0.3, -0.25) is 4.90 Å². The molecule has 156 valence electrons. The van der Waals surface area contributed by atoms with Crippen LogP contribution in [-0.4, -0.2) is 27.8 Å². The smallest absolute Gasteiger partial charge is 0.133 e. The molecule has 5 heteroatoms. The Bertz CT molecular complexity index is 998. The number of hydrogen-bond donors (Lipinski definition) is 1. The first-order valence-corrected chi connectivity index (χ1v) is 12.0. The number of fused-ring (bicyclic) bond motifs is 1. The zero-order valence-electron chi connectivity index (χ0n) is 17.4. The van der Waals surface area contributed by atoms with Gasteiger partial charge in [-0.15, -0.1) is 0 Å². The molecule has 2 aromatic carbocycles. The van der Waals surface area contributed by atoms with Crippen molar-refractivity contribution >= 4 is 21.7 Å². The molecular formula is C25H29BrN4. The number of benzene rings is 2. The highest BCUT2D eigenvalue weighted by molar-refractivity contribution is 9.10. The fraction of sp³-hybridized carbons (Fsp3) is 0.400. The lowest BCUT2D eigenvalue weighted by Crippen LogP contribution is -2.33. The van der Waals surface area contributed by atoms with Crippen molar-refractivity contribution in [2.75, 3.05) is 18.4 Å². The van der Waals surface area contributed by atoms with Crippen molar-refractivity contribution < 1.29 is 0 Å². The maximum absolute atomic E-state index is 5.25. The van der Waals surface area contributed by atoms with Crippen molar-refractivity contribution in [3.05, 3.63) is 75.9 Å². The van der Waals surface area contributed by atoms with Crippen molar-refractivity contribution in [1.29, 1.82) is 0 Å². The Morgan fingerprint density at radius 3 is 2.77 bits per heavy atom. The Balaban J connectivity index is 1.55. The van der Waals surface area contributed by atoms with E-state index in [2.05, 4.69) is 85.4 Å². The largest absolute Gasteiger partial charge is 0.370 e. The molecule has 4 nitrogen and oxygen atoms in total. The number of likely N-dealkylation sites (tertiary alicyclic amines) is 1. The summed E-state index contributed by atoms with van der Waals surface area (Å²) >= 11 is 3.63. The van der Waals surface area contributed by atoms with E-state index in [-0.39, 0.29) is 0 Å². The quantitative estimate of drug-likeness (QED) is 0.505. The summed E-state index contributed by atoms with van der Waals surface area (Å²) in [5.74, 6) is 1.20. The van der Waals surface area contributed by atoms with Crippen LogP contribution in [0.1, 0.15) is 55.0 Å². The molecule has 3 aromatic rings. The van der Waals surface area contributed by atoms with Crippen molar-refractivity contribution in [3.8, 4) is 5.69 Å². The Labute approximate surface area is 187 Å². The Hall–Kier alpha value is -2.11. The zero-order chi connectivity index (χ0) is 20.3. The van der Waals surface area contributed by atoms with Gasteiger partial charge in [0.05, 0.1) is 17.4 Å². The first-order valence-electron chi connectivity index (χ1n) is 11.2. The lowest BCUT2D eigenvalue weighted by molar-refractivity contribution is 0.136. The second-order valence-electron chi connectivity index (χ2n) is 8.46. The van der Waals surface area contributed by atoms with Gasteiger partial charge in [-0.25, -0.2) is 4.68 Å². The first-order chi connectivity index (χ1) is 14.8. The van der Waals surface area contributed by atoms with E-state index in [1.54, 1.807) is 0 Å². The summed E-state index contributed by atoms with van der Waals surface area (Å²) in [6.45, 7) is 3.16. The number of piperidine rings is 1. The maximum atomic E-state index is 5.25. The number of halogens is 1. The number of anilines is 1. The van der Waals surface area contributed by atoms with Gasteiger partial charge in [-0.1, -0.05) is 58.7 Å². The van der Waals surface area contributed by atoms with Gasteiger partial charge in [-0.2, -0.15) is 5.10 Å². The molecule has 0 bridgehead atoms. The molecule has 2 aliphatic heterocycles. The lowest BCUT2D eigenvalue weighted by Gasteiger charge is -2.35. The molecule has 1 aromatic heterocycles. The second-order valence-corrected chi connectivity index (χ2v) is 9.37. The summed E-state index contributed by atoms with van der Waals surface area (Å²) in [6.07, 6.45) is 7.29. The molecule has 30 heavy (non-hydrogen) atoms. The van der Waals surface area contributed by atoms with E-state index in [1.807, 2.05) is 0 Å². The minimum absolute atomic E-state index is 0.390. The molecule has 0 amide bonds. The van der Waals surface area contributed by atoms with Crippen LogP contribution in [0.15, 0.2) is 59.1 Å². The third-order valence-electron chi connectivity index (χ3n) is 6.37. The van der Waals surface area contributed by atoms with Crippen molar-refractivity contribution in [2.24, 2.45) is 0 Å². The van der Waals surface area contributed by atoms with E-state index in [1.165, 1.54) is 54.7 Å². The van der Waals surface area contributed by atoms with Gasteiger partial charge in [0.2, 0.25) is 0 Å². The normalized spacial score (nSPS) is 19.7. The molecule has 1 unspecified atom stereocenters. The summed E-state index contributed by atoms with van der Waals surface area (Å²) in [5, 5.41) is 8.95. The summed E-state index contributed by atoms with van der Waals surface area (Å²) < 4.78 is 3.23. The molecule has 5 rings (SSSR count). The monoisotopic (exact) mass is 464 g/mol. The highest BCUT2D eigenvalue weighted by Crippen LogP contribution is 2.38. The Morgan fingerprint density at radius 2 is 1.90 bits per heavy atom. The molecule has 1 saturated heterocycles. The SMILES string of the molecule is Brc1cccc(-n2nc(C3CCCCN3Cc3ccccc3)c3c2NCCCC3)c1. The number of hydrogen-bond acceptors (Lipinski definition) is 3. The van der Waals surface area contributed by atoms with Crippen molar-refractivity contribution in [3.63, 3.8) is 0 Å². The average Bonchev–Trinajstić information content (AvgIpc) is 2.96. The zero-order valence-corrected chi connectivity index (χ0v) is 18.9. The van der Waals surface area contributed by atoms with E-state index >= 15 is 0 Å². The molecule has 2 aliphatic rings. The number of nitrogens with one attached hydrogen (secondary N) is 1. The summed E-state index contributed by atoms with van der Waals surface area (Å²) in [6, 6.07) is 19.7. The van der Waals surface area contributed by atoms with Gasteiger partial charge in [0.1, 0.15) is 5.82 Å². The Kier molecular flexibility index (Phi) is 5.91. The van der Waals surface area contributed by atoms with E-state index < -0.39 is 0 Å². The molecule has 1 N–H and O–H groups in total. The highest BCUT2D eigenvalue weighted by atomic mass is 79.9. The molecule has 1 fully saturated rings. The molecular weight excluding hydrogens is 436 g/mol. The Morgan fingerprint density at radius 1 is 1.00 bits per heavy atom. The number of nitrogens with zero attached hydrogens (tertiary/aromatic N) is 3. The molecule has 0 radical (unpaired) electrons. The summed E-state index contributed by atoms with van der Waals surface area (Å²) in [5.41, 5.74) is 5.22. The maximum Gasteiger partial charge on any atom is 0.133 e. The van der Waals surface area contributed by atoms with Gasteiger partial charge in [0.15, 0.2) is 0 Å². The predicted molar refractivity (Wildman–Crippen MR) is 126 cm³/mol. The van der Waals surface area contributed by atoms with Gasteiger partial charge < -0.3 is 5.32 Å². The highest BCUT2D eigenvalue weighted by Gasteiger charge is 2.31. The third kappa shape index (κ3) is 4.06. The minimum atomic E-state index is 0.390. The van der Waals surface area contributed by atoms with Gasteiger partial charge in [0, 0.05) is 23.1 Å². The number of rotatable bonds is 4. The van der Waals surface area contributed by atoms with Crippen LogP contribution in [0.25, 0.3) is 5.69 Å². The molecule has 1 atom stereocenters. The van der Waals surface area contributed by atoms with E-state index in [9.17, 15) is 0 Å². The van der Waals surface area contributed by atoms with Crippen molar-refractivity contribution in [1.82, 2.24) is 14.7 Å². The van der Waals surface area contributed by atoms with Crippen LogP contribution in [0.5, 0.6) is 0 Å². The van der Waals surface area contributed by atoms with Gasteiger partial charge >= 0.3 is 0 Å². The minimum Gasteiger partial charge on any atom is -0.370 e. The number of aromatic nitrogens is 2. The first kappa shape index (κ1) is 19.8. The fourth-order valence-corrected chi connectivity index (χ4v) is 5.29. The van der Waals surface area contributed by atoms with Crippen LogP contribution in [-0.2, 0) is 13.0 Å². The van der Waals surface area contributed by atoms with E-state index in [4.69, 9.17) is 5.10 Å². The standard InChI is InChI=1S/C25H29BrN4/c26-20-11-8-12-21(17-20)30-25-22(13-4-6-15-27-25)24(28-30)23-14-5-7-16-29(23)18-19-9-2-1-3-10-19/h1-3,8-12,17,23,27H,4-7,13-16,18H2. The van der Waals surface area contributed by atoms with Crippen LogP contribution >= 0.6 is 15.9 Å². The summed E-state index contributed by atoms with van der Waals surface area (Å²) in [7, 11) is 0. The van der Waals surface area contributed by atoms with Crippen LogP contribution in [0, 0.1) is 0 Å². The third-order valence-corrected chi connectivity index (χ3v) is 6.86. The fourth-order valence-electron chi connectivity index (χ4n) is 4.90. The van der Waals surface area contributed by atoms with Crippen LogP contribution in [0.2, 0.25) is 0 Å².